The Morgan fingerprint density at radius 2 is 1.29 bits per heavy atom. The first-order chi connectivity index (χ1) is 11.1. The lowest BCUT2D eigenvalue weighted by atomic mass is 10.1. The highest BCUT2D eigenvalue weighted by Crippen LogP contribution is 2.20. The molecule has 0 aliphatic carbocycles. The van der Waals surface area contributed by atoms with Crippen LogP contribution in [-0.4, -0.2) is 91.8 Å². The van der Waals surface area contributed by atoms with Crippen molar-refractivity contribution in [2.45, 2.75) is 24.4 Å². The Hall–Kier alpha value is -2.54. The molecule has 0 radical (unpaired) electrons. The van der Waals surface area contributed by atoms with Crippen molar-refractivity contribution >= 4 is 23.5 Å². The maximum absolute atomic E-state index is 10.7. The highest BCUT2D eigenvalue weighted by molar-refractivity contribution is 6.65. The van der Waals surface area contributed by atoms with E-state index in [0.717, 1.165) is 0 Å². The molecule has 6 N–H and O–H groups in total. The van der Waals surface area contributed by atoms with Gasteiger partial charge in [-0.3, -0.25) is 9.59 Å². The van der Waals surface area contributed by atoms with Crippen LogP contribution in [0.25, 0.3) is 0 Å². The molecule has 0 bridgehead atoms. The number of rotatable bonds is 4. The summed E-state index contributed by atoms with van der Waals surface area (Å²) in [4.78, 5) is 42.2. The molecular formula is C12H14O12. The number of aliphatic hydroxyl groups is 6. The van der Waals surface area contributed by atoms with Gasteiger partial charge in [0.05, 0.1) is 13.2 Å². The number of ketones is 2. The molecule has 12 nitrogen and oxygen atoms in total. The highest BCUT2D eigenvalue weighted by atomic mass is 16.6. The molecule has 2 rings (SSSR count). The van der Waals surface area contributed by atoms with E-state index < -0.39 is 72.7 Å². The summed E-state index contributed by atoms with van der Waals surface area (Å²) in [5.74, 6) is -6.45. The minimum Gasteiger partial charge on any atom is -0.505 e. The van der Waals surface area contributed by atoms with Crippen LogP contribution in [0, 0.1) is 0 Å². The van der Waals surface area contributed by atoms with E-state index in [9.17, 15) is 19.2 Å². The van der Waals surface area contributed by atoms with Gasteiger partial charge in [-0.2, -0.15) is 0 Å². The van der Waals surface area contributed by atoms with Gasteiger partial charge in [-0.25, -0.2) is 9.59 Å². The van der Waals surface area contributed by atoms with Crippen LogP contribution >= 0.6 is 0 Å². The first kappa shape index (κ1) is 19.5. The molecule has 24 heavy (non-hydrogen) atoms. The lowest BCUT2D eigenvalue weighted by Crippen LogP contribution is -2.35. The summed E-state index contributed by atoms with van der Waals surface area (Å²) in [6.07, 6.45) is -5.83. The van der Waals surface area contributed by atoms with Crippen molar-refractivity contribution in [3.63, 3.8) is 0 Å². The standard InChI is InChI=1S/C6H8O6.C6H6O6/c2*7-1-2(8)5-3(9)4(10)6(11)12-5/h2,5,7-10H,1H2;2,5,7-8H,1H2/t2*2?,5-/m11/s1. The number of carbonyl (C=O) groups excluding carboxylic acids is 4. The van der Waals surface area contributed by atoms with Gasteiger partial charge in [0.2, 0.25) is 5.76 Å². The van der Waals surface area contributed by atoms with Crippen LogP contribution in [-0.2, 0) is 28.7 Å². The fourth-order valence-corrected chi connectivity index (χ4v) is 1.62. The second-order valence-electron chi connectivity index (χ2n) is 4.58. The largest absolute Gasteiger partial charge is 0.505 e. The van der Waals surface area contributed by atoms with Gasteiger partial charge in [0.25, 0.3) is 5.78 Å². The van der Waals surface area contributed by atoms with E-state index in [0.29, 0.717) is 0 Å². The summed E-state index contributed by atoms with van der Waals surface area (Å²) in [5, 5.41) is 52.3. The second-order valence-corrected chi connectivity index (χ2v) is 4.58. The lowest BCUT2D eigenvalue weighted by molar-refractivity contribution is -0.152. The molecule has 2 aliphatic rings. The van der Waals surface area contributed by atoms with E-state index in [1.54, 1.807) is 0 Å². The van der Waals surface area contributed by atoms with Gasteiger partial charge in [0.1, 0.15) is 12.2 Å². The van der Waals surface area contributed by atoms with Crippen molar-refractivity contribution in [2.75, 3.05) is 13.2 Å². The monoisotopic (exact) mass is 350 g/mol. The van der Waals surface area contributed by atoms with Gasteiger partial charge in [-0.05, 0) is 0 Å². The Kier molecular flexibility index (Phi) is 6.36. The number of ether oxygens (including phenoxy) is 2. The summed E-state index contributed by atoms with van der Waals surface area (Å²) in [5.41, 5.74) is 0. The quantitative estimate of drug-likeness (QED) is 0.212. The predicted octanol–water partition coefficient (Wildman–Crippen LogP) is -4.00. The van der Waals surface area contributed by atoms with Gasteiger partial charge >= 0.3 is 17.7 Å². The summed E-state index contributed by atoms with van der Waals surface area (Å²) < 4.78 is 8.51. The van der Waals surface area contributed by atoms with E-state index in [1.165, 1.54) is 0 Å². The Labute approximate surface area is 133 Å². The zero-order valence-corrected chi connectivity index (χ0v) is 11.9. The Bertz CT molecular complexity index is 569. The summed E-state index contributed by atoms with van der Waals surface area (Å²) >= 11 is 0. The van der Waals surface area contributed by atoms with Crippen molar-refractivity contribution in [1.82, 2.24) is 0 Å². The van der Waals surface area contributed by atoms with Crippen molar-refractivity contribution in [1.29, 1.82) is 0 Å². The SMILES string of the molecule is O=C1O[C@H](C(O)CO)C(=O)C1=O.O=C1O[C@H](C(O)CO)C(O)=C1O. The van der Waals surface area contributed by atoms with Crippen LogP contribution in [0.4, 0.5) is 0 Å². The number of hydrogen-bond acceptors (Lipinski definition) is 12. The molecule has 2 heterocycles. The maximum atomic E-state index is 10.7. The smallest absolute Gasteiger partial charge is 0.383 e. The van der Waals surface area contributed by atoms with Gasteiger partial charge in [-0.15, -0.1) is 0 Å². The predicted molar refractivity (Wildman–Crippen MR) is 68.2 cm³/mol. The van der Waals surface area contributed by atoms with Gasteiger partial charge in [0, 0.05) is 0 Å². The van der Waals surface area contributed by atoms with Gasteiger partial charge in [0.15, 0.2) is 18.0 Å². The molecule has 0 aromatic heterocycles. The topological polar surface area (TPSA) is 208 Å². The van der Waals surface area contributed by atoms with Crippen LogP contribution in [0.15, 0.2) is 11.5 Å². The Morgan fingerprint density at radius 1 is 0.833 bits per heavy atom. The third kappa shape index (κ3) is 3.86. The van der Waals surface area contributed by atoms with Crippen LogP contribution < -0.4 is 0 Å². The zero-order valence-electron chi connectivity index (χ0n) is 11.9. The Balaban J connectivity index is 0.000000240. The first-order valence-electron chi connectivity index (χ1n) is 6.35. The van der Waals surface area contributed by atoms with Crippen molar-refractivity contribution in [3.8, 4) is 0 Å². The van der Waals surface area contributed by atoms with Crippen molar-refractivity contribution in [3.05, 3.63) is 11.5 Å². The van der Waals surface area contributed by atoms with Gasteiger partial charge in [-0.1, -0.05) is 0 Å². The average molecular weight is 350 g/mol. The van der Waals surface area contributed by atoms with E-state index in [2.05, 4.69) is 9.47 Å². The van der Waals surface area contributed by atoms with Crippen molar-refractivity contribution in [2.24, 2.45) is 0 Å². The number of Topliss-reactive ketones (excluding diaryl/α,β-unsaturated/α-hetero) is 2. The highest BCUT2D eigenvalue weighted by Gasteiger charge is 2.45. The number of hydrogen-bond donors (Lipinski definition) is 6. The average Bonchev–Trinajstić information content (AvgIpc) is 2.98. The minimum atomic E-state index is -1.53. The van der Waals surface area contributed by atoms with Crippen LogP contribution in [0.1, 0.15) is 0 Å². The Morgan fingerprint density at radius 3 is 1.62 bits per heavy atom. The minimum absolute atomic E-state index is 0.671. The summed E-state index contributed by atoms with van der Waals surface area (Å²) in [6.45, 7) is -1.41. The van der Waals surface area contributed by atoms with Crippen LogP contribution in [0.5, 0.6) is 0 Å². The summed E-state index contributed by atoms with van der Waals surface area (Å²) in [7, 11) is 0. The molecule has 0 aromatic rings. The molecule has 2 unspecified atom stereocenters. The zero-order chi connectivity index (χ0) is 18.6. The van der Waals surface area contributed by atoms with E-state index >= 15 is 0 Å². The number of aliphatic hydroxyl groups excluding tert-OH is 6. The normalized spacial score (nSPS) is 25.8. The van der Waals surface area contributed by atoms with Crippen LogP contribution in [0.3, 0.4) is 0 Å². The second kappa shape index (κ2) is 7.83. The molecule has 2 aliphatic heterocycles. The third-order valence-electron chi connectivity index (χ3n) is 2.91. The molecule has 12 heteroatoms. The number of esters is 2. The fraction of sp³-hybridized carbons (Fsp3) is 0.500. The van der Waals surface area contributed by atoms with E-state index in [1.807, 2.05) is 0 Å². The molecule has 134 valence electrons. The summed E-state index contributed by atoms with van der Waals surface area (Å²) in [6, 6.07) is 0. The van der Waals surface area contributed by atoms with Crippen LogP contribution in [0.2, 0.25) is 0 Å². The molecular weight excluding hydrogens is 336 g/mol. The molecule has 1 fully saturated rings. The fourth-order valence-electron chi connectivity index (χ4n) is 1.62. The first-order valence-corrected chi connectivity index (χ1v) is 6.35. The van der Waals surface area contributed by atoms with E-state index in [4.69, 9.17) is 30.6 Å². The number of carbonyl (C=O) groups is 4. The molecule has 1 saturated heterocycles. The maximum Gasteiger partial charge on any atom is 0.383 e. The molecule has 0 amide bonds. The van der Waals surface area contributed by atoms with Crippen molar-refractivity contribution < 1.29 is 59.3 Å². The molecule has 0 spiro atoms. The third-order valence-corrected chi connectivity index (χ3v) is 2.91. The lowest BCUT2D eigenvalue weighted by Gasteiger charge is -2.13. The van der Waals surface area contributed by atoms with Gasteiger partial charge < -0.3 is 40.1 Å². The van der Waals surface area contributed by atoms with E-state index in [-0.39, 0.29) is 0 Å². The molecule has 4 atom stereocenters. The molecule has 0 saturated carbocycles. The number of cyclic esters (lactones) is 2. The molecule has 0 aromatic carbocycles.